The van der Waals surface area contributed by atoms with Crippen LogP contribution in [0.5, 0.6) is 0 Å². The number of carbonyl (C=O) groups excluding carboxylic acids is 1. The number of nitrogens with one attached hydrogen (secondary N) is 1. The molecule has 0 radical (unpaired) electrons. The number of nitrogens with zero attached hydrogens (tertiary/aromatic N) is 2. The highest BCUT2D eigenvalue weighted by molar-refractivity contribution is 9.11. The van der Waals surface area contributed by atoms with Gasteiger partial charge in [-0.1, -0.05) is 30.3 Å². The summed E-state index contributed by atoms with van der Waals surface area (Å²) in [6.45, 7) is 0. The summed E-state index contributed by atoms with van der Waals surface area (Å²) >= 11 is 7.02. The van der Waals surface area contributed by atoms with Gasteiger partial charge < -0.3 is 9.72 Å². The fraction of sp³-hybridized carbons (Fsp3) is 0. The van der Waals surface area contributed by atoms with Crippen molar-refractivity contribution in [3.63, 3.8) is 0 Å². The molecule has 2 heterocycles. The Bertz CT molecular complexity index is 1090. The van der Waals surface area contributed by atoms with Crippen molar-refractivity contribution in [2.75, 3.05) is 5.32 Å². The van der Waals surface area contributed by atoms with Crippen LogP contribution in [0.3, 0.4) is 0 Å². The summed E-state index contributed by atoms with van der Waals surface area (Å²) in [4.78, 5) is 16.9. The van der Waals surface area contributed by atoms with Crippen molar-refractivity contribution in [1.82, 2.24) is 9.38 Å². The number of hydrogen-bond donors (Lipinski definition) is 1. The number of rotatable bonds is 3. The minimum Gasteiger partial charge on any atom is -0.322 e. The lowest BCUT2D eigenvalue weighted by Gasteiger charge is -2.05. The molecular weight excluding hydrogens is 458 g/mol. The largest absolute Gasteiger partial charge is 0.322 e. The van der Waals surface area contributed by atoms with Crippen LogP contribution in [-0.4, -0.2) is 15.3 Å². The van der Waals surface area contributed by atoms with Crippen LogP contribution < -0.4 is 5.32 Å². The molecule has 26 heavy (non-hydrogen) atoms. The Morgan fingerprint density at radius 2 is 1.69 bits per heavy atom. The summed E-state index contributed by atoms with van der Waals surface area (Å²) < 4.78 is 3.86. The monoisotopic (exact) mass is 469 g/mol. The van der Waals surface area contributed by atoms with Gasteiger partial charge in [-0.3, -0.25) is 4.79 Å². The standard InChI is InChI=1S/C20H13Br2N3O/c21-15-10-17(22)19-24-18(12-25(19)11-15)13-6-8-16(9-7-13)23-20(26)14-4-2-1-3-5-14/h1-12H,(H,23,26). The number of carbonyl (C=O) groups is 1. The van der Waals surface area contributed by atoms with Crippen LogP contribution in [0.1, 0.15) is 10.4 Å². The molecule has 4 aromatic rings. The van der Waals surface area contributed by atoms with Crippen LogP contribution in [0.2, 0.25) is 0 Å². The smallest absolute Gasteiger partial charge is 0.255 e. The maximum absolute atomic E-state index is 12.2. The summed E-state index contributed by atoms with van der Waals surface area (Å²) in [5.41, 5.74) is 4.08. The molecule has 0 unspecified atom stereocenters. The average Bonchev–Trinajstić information content (AvgIpc) is 3.07. The van der Waals surface area contributed by atoms with Crippen molar-refractivity contribution in [3.8, 4) is 11.3 Å². The van der Waals surface area contributed by atoms with Gasteiger partial charge in [0.1, 0.15) is 0 Å². The third-order valence-electron chi connectivity index (χ3n) is 3.95. The molecule has 6 heteroatoms. The van der Waals surface area contributed by atoms with E-state index in [1.165, 1.54) is 0 Å². The first-order valence-corrected chi connectivity index (χ1v) is 9.49. The van der Waals surface area contributed by atoms with Crippen molar-refractivity contribution in [1.29, 1.82) is 0 Å². The number of imidazole rings is 1. The van der Waals surface area contributed by atoms with Crippen molar-refractivity contribution in [2.24, 2.45) is 0 Å². The SMILES string of the molecule is O=C(Nc1ccc(-c2cn3cc(Br)cc(Br)c3n2)cc1)c1ccccc1. The molecule has 0 saturated heterocycles. The van der Waals surface area contributed by atoms with Gasteiger partial charge in [0.2, 0.25) is 0 Å². The molecule has 0 bridgehead atoms. The van der Waals surface area contributed by atoms with Gasteiger partial charge in [0, 0.05) is 33.7 Å². The van der Waals surface area contributed by atoms with Gasteiger partial charge in [0.15, 0.2) is 5.65 Å². The van der Waals surface area contributed by atoms with Crippen molar-refractivity contribution in [3.05, 3.63) is 87.6 Å². The van der Waals surface area contributed by atoms with E-state index in [0.717, 1.165) is 31.5 Å². The Morgan fingerprint density at radius 3 is 2.42 bits per heavy atom. The van der Waals surface area contributed by atoms with E-state index in [4.69, 9.17) is 0 Å². The van der Waals surface area contributed by atoms with Gasteiger partial charge >= 0.3 is 0 Å². The second-order valence-electron chi connectivity index (χ2n) is 5.76. The molecular formula is C20H13Br2N3O. The maximum atomic E-state index is 12.2. The summed E-state index contributed by atoms with van der Waals surface area (Å²) in [5, 5.41) is 2.90. The molecule has 0 aliphatic carbocycles. The Hall–Kier alpha value is -2.44. The molecule has 0 saturated carbocycles. The second-order valence-corrected chi connectivity index (χ2v) is 7.53. The number of hydrogen-bond acceptors (Lipinski definition) is 2. The molecule has 0 aliphatic heterocycles. The zero-order valence-corrected chi connectivity index (χ0v) is 16.7. The van der Waals surface area contributed by atoms with Crippen molar-refractivity contribution in [2.45, 2.75) is 0 Å². The minimum absolute atomic E-state index is 0.125. The Morgan fingerprint density at radius 1 is 0.962 bits per heavy atom. The predicted octanol–water partition coefficient (Wildman–Crippen LogP) is 5.78. The highest BCUT2D eigenvalue weighted by Crippen LogP contribution is 2.27. The van der Waals surface area contributed by atoms with Crippen molar-refractivity contribution >= 4 is 49.1 Å². The molecule has 1 N–H and O–H groups in total. The van der Waals surface area contributed by atoms with E-state index in [2.05, 4.69) is 42.2 Å². The number of amides is 1. The van der Waals surface area contributed by atoms with Gasteiger partial charge in [-0.2, -0.15) is 0 Å². The van der Waals surface area contributed by atoms with E-state index in [0.29, 0.717) is 5.56 Å². The Kier molecular flexibility index (Phi) is 4.61. The van der Waals surface area contributed by atoms with Crippen LogP contribution in [0.25, 0.3) is 16.9 Å². The van der Waals surface area contributed by atoms with Crippen LogP contribution in [-0.2, 0) is 0 Å². The van der Waals surface area contributed by atoms with Gasteiger partial charge in [-0.15, -0.1) is 0 Å². The van der Waals surface area contributed by atoms with Crippen LogP contribution in [0.15, 0.2) is 82.0 Å². The molecule has 0 aliphatic rings. The fourth-order valence-corrected chi connectivity index (χ4v) is 3.98. The molecule has 0 spiro atoms. The summed E-state index contributed by atoms with van der Waals surface area (Å²) in [7, 11) is 0. The highest BCUT2D eigenvalue weighted by Gasteiger charge is 2.09. The van der Waals surface area contributed by atoms with Crippen LogP contribution >= 0.6 is 31.9 Å². The van der Waals surface area contributed by atoms with Gasteiger partial charge in [-0.25, -0.2) is 4.98 Å². The zero-order chi connectivity index (χ0) is 18.1. The van der Waals surface area contributed by atoms with Crippen LogP contribution in [0.4, 0.5) is 5.69 Å². The lowest BCUT2D eigenvalue weighted by atomic mass is 10.1. The van der Waals surface area contributed by atoms with Crippen molar-refractivity contribution < 1.29 is 4.79 Å². The number of anilines is 1. The highest BCUT2D eigenvalue weighted by atomic mass is 79.9. The first-order valence-electron chi connectivity index (χ1n) is 7.91. The molecule has 2 aromatic carbocycles. The van der Waals surface area contributed by atoms with E-state index < -0.39 is 0 Å². The molecule has 4 nitrogen and oxygen atoms in total. The number of fused-ring (bicyclic) bond motifs is 1. The average molecular weight is 471 g/mol. The quantitative estimate of drug-likeness (QED) is 0.412. The second kappa shape index (κ2) is 7.05. The first kappa shape index (κ1) is 17.0. The topological polar surface area (TPSA) is 46.4 Å². The van der Waals surface area contributed by atoms with E-state index in [1.807, 2.05) is 65.3 Å². The normalized spacial score (nSPS) is 10.8. The molecule has 0 fully saturated rings. The van der Waals surface area contributed by atoms with E-state index in [9.17, 15) is 4.79 Å². The zero-order valence-electron chi connectivity index (χ0n) is 13.5. The molecule has 1 amide bonds. The summed E-state index contributed by atoms with van der Waals surface area (Å²) in [5.74, 6) is -0.125. The summed E-state index contributed by atoms with van der Waals surface area (Å²) in [6.07, 6.45) is 3.94. The third-order valence-corrected chi connectivity index (χ3v) is 4.96. The molecule has 2 aromatic heterocycles. The fourth-order valence-electron chi connectivity index (χ4n) is 2.68. The van der Waals surface area contributed by atoms with Gasteiger partial charge in [0.05, 0.1) is 10.2 Å². The Balaban J connectivity index is 1.58. The molecule has 128 valence electrons. The molecule has 0 atom stereocenters. The lowest BCUT2D eigenvalue weighted by Crippen LogP contribution is -2.11. The van der Waals surface area contributed by atoms with E-state index in [1.54, 1.807) is 12.1 Å². The lowest BCUT2D eigenvalue weighted by molar-refractivity contribution is 0.102. The summed E-state index contributed by atoms with van der Waals surface area (Å²) in [6, 6.07) is 18.8. The predicted molar refractivity (Wildman–Crippen MR) is 110 cm³/mol. The maximum Gasteiger partial charge on any atom is 0.255 e. The number of halogens is 2. The number of benzene rings is 2. The van der Waals surface area contributed by atoms with Gasteiger partial charge in [0.25, 0.3) is 5.91 Å². The number of aromatic nitrogens is 2. The van der Waals surface area contributed by atoms with E-state index in [-0.39, 0.29) is 5.91 Å². The molecule has 4 rings (SSSR count). The third kappa shape index (κ3) is 3.43. The minimum atomic E-state index is -0.125. The number of pyridine rings is 1. The Labute approximate surface area is 167 Å². The first-order chi connectivity index (χ1) is 12.6. The van der Waals surface area contributed by atoms with Crippen LogP contribution in [0, 0.1) is 0 Å². The van der Waals surface area contributed by atoms with E-state index >= 15 is 0 Å². The van der Waals surface area contributed by atoms with Gasteiger partial charge in [-0.05, 0) is 62.2 Å².